The van der Waals surface area contributed by atoms with Gasteiger partial charge in [-0.05, 0) is 56.5 Å². The molecule has 1 N–H and O–H groups in total. The summed E-state index contributed by atoms with van der Waals surface area (Å²) in [5.41, 5.74) is 0.133. The SMILES string of the molecule is CSc1ccc(Oc2cc(OC(C)C)cc(C(=O)O)c2)cc1. The Bertz CT molecular complexity index is 650. The zero-order valence-electron chi connectivity index (χ0n) is 12.7. The summed E-state index contributed by atoms with van der Waals surface area (Å²) in [5, 5.41) is 9.19. The topological polar surface area (TPSA) is 55.8 Å². The number of thioether (sulfide) groups is 1. The minimum Gasteiger partial charge on any atom is -0.491 e. The average Bonchev–Trinajstić information content (AvgIpc) is 2.47. The molecule has 2 aromatic rings. The van der Waals surface area contributed by atoms with Crippen molar-refractivity contribution in [3.8, 4) is 17.2 Å². The average molecular weight is 318 g/mol. The van der Waals surface area contributed by atoms with E-state index in [1.807, 2.05) is 44.4 Å². The first-order valence-electron chi connectivity index (χ1n) is 6.85. The third-order valence-electron chi connectivity index (χ3n) is 2.79. The van der Waals surface area contributed by atoms with E-state index in [1.165, 1.54) is 12.1 Å². The van der Waals surface area contributed by atoms with Gasteiger partial charge in [-0.1, -0.05) is 0 Å². The van der Waals surface area contributed by atoms with Crippen LogP contribution in [0.1, 0.15) is 24.2 Å². The lowest BCUT2D eigenvalue weighted by molar-refractivity contribution is 0.0695. The minimum absolute atomic E-state index is 0.0437. The molecule has 0 aliphatic heterocycles. The molecule has 22 heavy (non-hydrogen) atoms. The van der Waals surface area contributed by atoms with Crippen LogP contribution in [0.25, 0.3) is 0 Å². The Labute approximate surface area is 134 Å². The number of benzene rings is 2. The fraction of sp³-hybridized carbons (Fsp3) is 0.235. The van der Waals surface area contributed by atoms with E-state index in [1.54, 1.807) is 17.8 Å². The Hall–Kier alpha value is -2.14. The molecule has 4 nitrogen and oxygen atoms in total. The van der Waals surface area contributed by atoms with Crippen LogP contribution in [0.3, 0.4) is 0 Å². The largest absolute Gasteiger partial charge is 0.491 e. The monoisotopic (exact) mass is 318 g/mol. The lowest BCUT2D eigenvalue weighted by atomic mass is 10.2. The first-order valence-corrected chi connectivity index (χ1v) is 8.07. The predicted octanol–water partition coefficient (Wildman–Crippen LogP) is 4.69. The zero-order valence-corrected chi connectivity index (χ0v) is 13.5. The summed E-state index contributed by atoms with van der Waals surface area (Å²) in [6.07, 6.45) is 1.96. The zero-order chi connectivity index (χ0) is 16.1. The van der Waals surface area contributed by atoms with Crippen molar-refractivity contribution in [1.29, 1.82) is 0 Å². The molecule has 0 radical (unpaired) electrons. The summed E-state index contributed by atoms with van der Waals surface area (Å²) in [5.74, 6) is 0.547. The van der Waals surface area contributed by atoms with Crippen molar-refractivity contribution in [3.63, 3.8) is 0 Å². The van der Waals surface area contributed by atoms with Gasteiger partial charge in [-0.15, -0.1) is 11.8 Å². The van der Waals surface area contributed by atoms with Gasteiger partial charge in [0.05, 0.1) is 11.7 Å². The van der Waals surface area contributed by atoms with Crippen molar-refractivity contribution < 1.29 is 19.4 Å². The second-order valence-corrected chi connectivity index (χ2v) is 5.82. The molecule has 0 heterocycles. The summed E-state index contributed by atoms with van der Waals surface area (Å²) in [7, 11) is 0. The number of carbonyl (C=O) groups is 1. The van der Waals surface area contributed by atoms with Crippen LogP contribution in [-0.2, 0) is 0 Å². The van der Waals surface area contributed by atoms with E-state index in [0.717, 1.165) is 4.90 Å². The normalized spacial score (nSPS) is 10.5. The quantitative estimate of drug-likeness (QED) is 0.783. The molecular weight excluding hydrogens is 300 g/mol. The van der Waals surface area contributed by atoms with E-state index in [0.29, 0.717) is 17.2 Å². The highest BCUT2D eigenvalue weighted by Gasteiger charge is 2.10. The van der Waals surface area contributed by atoms with Gasteiger partial charge >= 0.3 is 5.97 Å². The third kappa shape index (κ3) is 4.43. The molecule has 0 unspecified atom stereocenters. The molecule has 0 atom stereocenters. The highest BCUT2D eigenvalue weighted by Crippen LogP contribution is 2.29. The molecule has 0 saturated heterocycles. The molecule has 116 valence electrons. The fourth-order valence-corrected chi connectivity index (χ4v) is 2.28. The molecule has 0 aliphatic carbocycles. The molecule has 0 spiro atoms. The van der Waals surface area contributed by atoms with Crippen LogP contribution in [-0.4, -0.2) is 23.4 Å². The number of carboxylic acid groups (broad SMARTS) is 1. The highest BCUT2D eigenvalue weighted by molar-refractivity contribution is 7.98. The van der Waals surface area contributed by atoms with Crippen molar-refractivity contribution in [1.82, 2.24) is 0 Å². The van der Waals surface area contributed by atoms with Crippen LogP contribution < -0.4 is 9.47 Å². The van der Waals surface area contributed by atoms with E-state index in [2.05, 4.69) is 0 Å². The number of ether oxygens (including phenoxy) is 2. The van der Waals surface area contributed by atoms with E-state index in [4.69, 9.17) is 9.47 Å². The third-order valence-corrected chi connectivity index (χ3v) is 3.54. The first-order chi connectivity index (χ1) is 10.5. The van der Waals surface area contributed by atoms with Crippen molar-refractivity contribution in [2.24, 2.45) is 0 Å². The highest BCUT2D eigenvalue weighted by atomic mass is 32.2. The fourth-order valence-electron chi connectivity index (χ4n) is 1.87. The molecular formula is C17H18O4S. The summed E-state index contributed by atoms with van der Waals surface area (Å²) in [6, 6.07) is 12.3. The molecule has 0 amide bonds. The molecule has 0 bridgehead atoms. The second-order valence-electron chi connectivity index (χ2n) is 4.94. The minimum atomic E-state index is -1.02. The Morgan fingerprint density at radius 2 is 1.68 bits per heavy atom. The number of carboxylic acids is 1. The molecule has 5 heteroatoms. The van der Waals surface area contributed by atoms with E-state index in [-0.39, 0.29) is 11.7 Å². The summed E-state index contributed by atoms with van der Waals surface area (Å²) >= 11 is 1.65. The van der Waals surface area contributed by atoms with Gasteiger partial charge in [0.25, 0.3) is 0 Å². The molecule has 2 aromatic carbocycles. The van der Waals surface area contributed by atoms with Crippen molar-refractivity contribution in [2.45, 2.75) is 24.8 Å². The number of hydrogen-bond acceptors (Lipinski definition) is 4. The van der Waals surface area contributed by atoms with Crippen LogP contribution in [0.2, 0.25) is 0 Å². The molecule has 0 fully saturated rings. The number of rotatable bonds is 6. The molecule has 0 aliphatic rings. The van der Waals surface area contributed by atoms with Crippen LogP contribution in [0, 0.1) is 0 Å². The van der Waals surface area contributed by atoms with E-state index in [9.17, 15) is 9.90 Å². The van der Waals surface area contributed by atoms with Gasteiger partial charge in [-0.2, -0.15) is 0 Å². The number of aromatic carboxylic acids is 1. The summed E-state index contributed by atoms with van der Waals surface area (Å²) < 4.78 is 11.3. The Morgan fingerprint density at radius 1 is 1.05 bits per heavy atom. The first kappa shape index (κ1) is 16.2. The van der Waals surface area contributed by atoms with Gasteiger partial charge < -0.3 is 14.6 Å². The van der Waals surface area contributed by atoms with Gasteiger partial charge in [0.15, 0.2) is 0 Å². The van der Waals surface area contributed by atoms with Crippen molar-refractivity contribution >= 4 is 17.7 Å². The Morgan fingerprint density at radius 3 is 2.23 bits per heavy atom. The molecule has 0 aromatic heterocycles. The summed E-state index contributed by atoms with van der Waals surface area (Å²) in [6.45, 7) is 3.77. The van der Waals surface area contributed by atoms with Crippen LogP contribution in [0.15, 0.2) is 47.4 Å². The Balaban J connectivity index is 2.27. The summed E-state index contributed by atoms with van der Waals surface area (Å²) in [4.78, 5) is 12.3. The lowest BCUT2D eigenvalue weighted by Crippen LogP contribution is -2.07. The smallest absolute Gasteiger partial charge is 0.335 e. The molecule has 0 saturated carbocycles. The predicted molar refractivity (Wildman–Crippen MR) is 87.5 cm³/mol. The Kier molecular flexibility index (Phi) is 5.33. The van der Waals surface area contributed by atoms with Gasteiger partial charge in [0, 0.05) is 11.0 Å². The van der Waals surface area contributed by atoms with Crippen molar-refractivity contribution in [3.05, 3.63) is 48.0 Å². The molecule has 2 rings (SSSR count). The van der Waals surface area contributed by atoms with Crippen LogP contribution in [0.5, 0.6) is 17.2 Å². The van der Waals surface area contributed by atoms with Gasteiger partial charge in [0.2, 0.25) is 0 Å². The van der Waals surface area contributed by atoms with E-state index >= 15 is 0 Å². The van der Waals surface area contributed by atoms with Crippen LogP contribution in [0.4, 0.5) is 0 Å². The maximum atomic E-state index is 11.2. The number of hydrogen-bond donors (Lipinski definition) is 1. The van der Waals surface area contributed by atoms with Crippen molar-refractivity contribution in [2.75, 3.05) is 6.26 Å². The van der Waals surface area contributed by atoms with Crippen LogP contribution >= 0.6 is 11.8 Å². The maximum absolute atomic E-state index is 11.2. The lowest BCUT2D eigenvalue weighted by Gasteiger charge is -2.13. The maximum Gasteiger partial charge on any atom is 0.335 e. The van der Waals surface area contributed by atoms with E-state index < -0.39 is 5.97 Å². The standard InChI is InChI=1S/C17H18O4S/c1-11(2)20-14-8-12(17(18)19)9-15(10-14)21-13-4-6-16(22-3)7-5-13/h4-11H,1-3H3,(H,18,19). The van der Waals surface area contributed by atoms with Gasteiger partial charge in [-0.25, -0.2) is 4.79 Å². The van der Waals surface area contributed by atoms with Gasteiger partial charge in [0.1, 0.15) is 17.2 Å². The van der Waals surface area contributed by atoms with Gasteiger partial charge in [-0.3, -0.25) is 0 Å². The second kappa shape index (κ2) is 7.22.